The van der Waals surface area contributed by atoms with Crippen molar-refractivity contribution in [2.45, 2.75) is 39.8 Å². The van der Waals surface area contributed by atoms with E-state index in [9.17, 15) is 0 Å². The summed E-state index contributed by atoms with van der Waals surface area (Å²) in [7, 11) is 0. The predicted molar refractivity (Wildman–Crippen MR) is 75.2 cm³/mol. The molecule has 1 fully saturated rings. The SMILES string of the molecule is Cc1nc(NC(C)C)cc(N2CCNC(C)C2)n1. The standard InChI is InChI=1S/C13H23N5/c1-9(2)15-12-7-13(17-11(4)16-12)18-6-5-14-10(3)8-18/h7,9-10,14H,5-6,8H2,1-4H3,(H,15,16,17). The summed E-state index contributed by atoms with van der Waals surface area (Å²) in [5.41, 5.74) is 0. The Kier molecular flexibility index (Phi) is 4.01. The van der Waals surface area contributed by atoms with E-state index in [1.165, 1.54) is 0 Å². The molecule has 1 aromatic rings. The van der Waals surface area contributed by atoms with E-state index >= 15 is 0 Å². The fourth-order valence-corrected chi connectivity index (χ4v) is 2.22. The van der Waals surface area contributed by atoms with Crippen LogP contribution in [-0.4, -0.2) is 41.7 Å². The van der Waals surface area contributed by atoms with Gasteiger partial charge in [0, 0.05) is 37.8 Å². The topological polar surface area (TPSA) is 53.1 Å². The van der Waals surface area contributed by atoms with Gasteiger partial charge in [-0.05, 0) is 27.7 Å². The molecule has 0 spiro atoms. The highest BCUT2D eigenvalue weighted by molar-refractivity contribution is 5.50. The first-order valence-electron chi connectivity index (χ1n) is 6.65. The normalized spacial score (nSPS) is 20.3. The quantitative estimate of drug-likeness (QED) is 0.848. The summed E-state index contributed by atoms with van der Waals surface area (Å²) in [6.07, 6.45) is 0. The summed E-state index contributed by atoms with van der Waals surface area (Å²) in [5.74, 6) is 2.76. The first-order chi connectivity index (χ1) is 8.54. The third-order valence-electron chi connectivity index (χ3n) is 2.95. The Bertz CT molecular complexity index is 404. The van der Waals surface area contributed by atoms with Gasteiger partial charge in [-0.15, -0.1) is 0 Å². The monoisotopic (exact) mass is 249 g/mol. The molecule has 0 radical (unpaired) electrons. The third-order valence-corrected chi connectivity index (χ3v) is 2.95. The summed E-state index contributed by atoms with van der Waals surface area (Å²) in [4.78, 5) is 11.3. The molecule has 1 unspecified atom stereocenters. The second kappa shape index (κ2) is 5.52. The van der Waals surface area contributed by atoms with Crippen molar-refractivity contribution >= 4 is 11.6 Å². The van der Waals surface area contributed by atoms with E-state index in [1.54, 1.807) is 0 Å². The lowest BCUT2D eigenvalue weighted by Gasteiger charge is -2.33. The largest absolute Gasteiger partial charge is 0.368 e. The molecule has 2 rings (SSSR count). The van der Waals surface area contributed by atoms with Gasteiger partial charge >= 0.3 is 0 Å². The summed E-state index contributed by atoms with van der Waals surface area (Å²) in [5, 5.41) is 6.79. The van der Waals surface area contributed by atoms with Crippen LogP contribution in [0.5, 0.6) is 0 Å². The van der Waals surface area contributed by atoms with Crippen molar-refractivity contribution in [1.29, 1.82) is 0 Å². The van der Waals surface area contributed by atoms with Crippen LogP contribution in [0.3, 0.4) is 0 Å². The molecule has 1 aliphatic heterocycles. The van der Waals surface area contributed by atoms with Gasteiger partial charge in [-0.25, -0.2) is 9.97 Å². The van der Waals surface area contributed by atoms with E-state index < -0.39 is 0 Å². The highest BCUT2D eigenvalue weighted by atomic mass is 15.3. The predicted octanol–water partition coefficient (Wildman–Crippen LogP) is 1.40. The molecule has 5 heteroatoms. The van der Waals surface area contributed by atoms with Crippen LogP contribution in [-0.2, 0) is 0 Å². The third kappa shape index (κ3) is 3.32. The van der Waals surface area contributed by atoms with Gasteiger partial charge in [0.05, 0.1) is 0 Å². The maximum Gasteiger partial charge on any atom is 0.134 e. The first-order valence-corrected chi connectivity index (χ1v) is 6.65. The van der Waals surface area contributed by atoms with Crippen LogP contribution >= 0.6 is 0 Å². The number of piperazine rings is 1. The smallest absolute Gasteiger partial charge is 0.134 e. The molecule has 1 saturated heterocycles. The summed E-state index contributed by atoms with van der Waals surface area (Å²) >= 11 is 0. The van der Waals surface area contributed by atoms with Gasteiger partial charge in [0.25, 0.3) is 0 Å². The number of hydrogen-bond donors (Lipinski definition) is 2. The van der Waals surface area contributed by atoms with Gasteiger partial charge in [0.15, 0.2) is 0 Å². The molecule has 0 bridgehead atoms. The summed E-state index contributed by atoms with van der Waals surface area (Å²) < 4.78 is 0. The Morgan fingerprint density at radius 3 is 2.89 bits per heavy atom. The molecule has 1 aliphatic rings. The maximum atomic E-state index is 4.55. The molecule has 0 aromatic carbocycles. The minimum Gasteiger partial charge on any atom is -0.368 e. The van der Waals surface area contributed by atoms with E-state index in [0.29, 0.717) is 12.1 Å². The molecule has 1 atom stereocenters. The molecule has 5 nitrogen and oxygen atoms in total. The van der Waals surface area contributed by atoms with Crippen molar-refractivity contribution in [1.82, 2.24) is 15.3 Å². The number of nitrogens with one attached hydrogen (secondary N) is 2. The fraction of sp³-hybridized carbons (Fsp3) is 0.692. The molecule has 18 heavy (non-hydrogen) atoms. The van der Waals surface area contributed by atoms with Gasteiger partial charge in [-0.1, -0.05) is 0 Å². The van der Waals surface area contributed by atoms with Crippen molar-refractivity contribution in [3.63, 3.8) is 0 Å². The molecular formula is C13H23N5. The average molecular weight is 249 g/mol. The minimum atomic E-state index is 0.383. The molecule has 0 amide bonds. The fourth-order valence-electron chi connectivity index (χ4n) is 2.22. The van der Waals surface area contributed by atoms with Gasteiger partial charge in [0.2, 0.25) is 0 Å². The molecular weight excluding hydrogens is 226 g/mol. The Morgan fingerprint density at radius 2 is 2.22 bits per heavy atom. The van der Waals surface area contributed by atoms with Gasteiger partial charge in [0.1, 0.15) is 17.5 Å². The molecule has 100 valence electrons. The minimum absolute atomic E-state index is 0.383. The second-order valence-electron chi connectivity index (χ2n) is 5.26. The molecule has 0 aliphatic carbocycles. The summed E-state index contributed by atoms with van der Waals surface area (Å²) in [6.45, 7) is 11.4. The van der Waals surface area contributed by atoms with Crippen LogP contribution < -0.4 is 15.5 Å². The number of hydrogen-bond acceptors (Lipinski definition) is 5. The zero-order valence-electron chi connectivity index (χ0n) is 11.7. The lowest BCUT2D eigenvalue weighted by atomic mass is 10.2. The number of aryl methyl sites for hydroxylation is 1. The number of anilines is 2. The summed E-state index contributed by atoms with van der Waals surface area (Å²) in [6, 6.07) is 2.94. The average Bonchev–Trinajstić information content (AvgIpc) is 2.27. The maximum absolute atomic E-state index is 4.55. The van der Waals surface area contributed by atoms with Crippen molar-refractivity contribution in [3.05, 3.63) is 11.9 Å². The molecule has 2 N–H and O–H groups in total. The van der Waals surface area contributed by atoms with Crippen LogP contribution in [0.25, 0.3) is 0 Å². The molecule has 2 heterocycles. The lowest BCUT2D eigenvalue weighted by molar-refractivity contribution is 0.482. The van der Waals surface area contributed by atoms with Crippen LogP contribution in [0, 0.1) is 6.92 Å². The van der Waals surface area contributed by atoms with E-state index in [0.717, 1.165) is 37.1 Å². The van der Waals surface area contributed by atoms with Crippen LogP contribution in [0.15, 0.2) is 6.07 Å². The van der Waals surface area contributed by atoms with E-state index in [4.69, 9.17) is 0 Å². The Hall–Kier alpha value is -1.36. The van der Waals surface area contributed by atoms with Crippen LogP contribution in [0.2, 0.25) is 0 Å². The van der Waals surface area contributed by atoms with Crippen molar-refractivity contribution in [3.8, 4) is 0 Å². The Labute approximate surface area is 109 Å². The molecule has 1 aromatic heterocycles. The molecule has 0 saturated carbocycles. The van der Waals surface area contributed by atoms with Crippen LogP contribution in [0.1, 0.15) is 26.6 Å². The van der Waals surface area contributed by atoms with Gasteiger partial charge in [-0.3, -0.25) is 0 Å². The van der Waals surface area contributed by atoms with Crippen LogP contribution in [0.4, 0.5) is 11.6 Å². The number of rotatable bonds is 3. The lowest BCUT2D eigenvalue weighted by Crippen LogP contribution is -2.49. The van der Waals surface area contributed by atoms with Crippen molar-refractivity contribution in [2.75, 3.05) is 29.9 Å². The van der Waals surface area contributed by atoms with Crippen molar-refractivity contribution in [2.24, 2.45) is 0 Å². The van der Waals surface area contributed by atoms with E-state index in [1.807, 2.05) is 13.0 Å². The first kappa shape index (κ1) is 13.1. The van der Waals surface area contributed by atoms with E-state index in [2.05, 4.69) is 46.3 Å². The Morgan fingerprint density at radius 1 is 1.44 bits per heavy atom. The second-order valence-corrected chi connectivity index (χ2v) is 5.26. The highest BCUT2D eigenvalue weighted by Gasteiger charge is 2.17. The van der Waals surface area contributed by atoms with Gasteiger partial charge in [-0.2, -0.15) is 0 Å². The Balaban J connectivity index is 2.18. The number of nitrogens with zero attached hydrogens (tertiary/aromatic N) is 3. The highest BCUT2D eigenvalue weighted by Crippen LogP contribution is 2.17. The van der Waals surface area contributed by atoms with Crippen molar-refractivity contribution < 1.29 is 0 Å². The number of aromatic nitrogens is 2. The van der Waals surface area contributed by atoms with Gasteiger partial charge < -0.3 is 15.5 Å². The van der Waals surface area contributed by atoms with E-state index in [-0.39, 0.29) is 0 Å². The zero-order chi connectivity index (χ0) is 13.1. The zero-order valence-corrected chi connectivity index (χ0v) is 11.7.